The number of thiophene rings is 1. The van der Waals surface area contributed by atoms with Crippen molar-refractivity contribution in [2.24, 2.45) is 4.99 Å². The normalized spacial score (nSPS) is 11.7. The summed E-state index contributed by atoms with van der Waals surface area (Å²) in [6, 6.07) is 17.8. The van der Waals surface area contributed by atoms with Gasteiger partial charge in [0.05, 0.1) is 16.8 Å². The Morgan fingerprint density at radius 3 is 2.50 bits per heavy atom. The van der Waals surface area contributed by atoms with Crippen molar-refractivity contribution in [1.82, 2.24) is 0 Å². The number of hydrogen-bond donors (Lipinski definition) is 0. The van der Waals surface area contributed by atoms with Crippen molar-refractivity contribution in [3.63, 3.8) is 0 Å². The molecule has 0 atom stereocenters. The maximum absolute atomic E-state index is 5.47. The predicted molar refractivity (Wildman–Crippen MR) is 74.8 cm³/mol. The lowest BCUT2D eigenvalue weighted by atomic mass is 10.2. The Hall–Kier alpha value is -2.13. The van der Waals surface area contributed by atoms with Crippen molar-refractivity contribution in [3.8, 4) is 0 Å². The first-order valence-electron chi connectivity index (χ1n) is 5.65. The highest BCUT2D eigenvalue weighted by Crippen LogP contribution is 2.21. The summed E-state index contributed by atoms with van der Waals surface area (Å²) >= 11 is 1.66. The maximum Gasteiger partial charge on any atom is 0.153 e. The molecule has 0 aliphatic carbocycles. The second-order valence-electron chi connectivity index (χ2n) is 3.75. The van der Waals surface area contributed by atoms with Gasteiger partial charge in [0.15, 0.2) is 5.76 Å². The third-order valence-electron chi connectivity index (χ3n) is 2.51. The van der Waals surface area contributed by atoms with Gasteiger partial charge in [-0.05, 0) is 35.7 Å². The van der Waals surface area contributed by atoms with Crippen LogP contribution >= 0.6 is 11.3 Å². The molecule has 2 nitrogen and oxygen atoms in total. The van der Waals surface area contributed by atoms with Crippen molar-refractivity contribution >= 4 is 22.7 Å². The topological polar surface area (TPSA) is 25.5 Å². The van der Waals surface area contributed by atoms with Crippen LogP contribution in [0.1, 0.15) is 10.6 Å². The summed E-state index contributed by atoms with van der Waals surface area (Å²) in [7, 11) is 0. The van der Waals surface area contributed by atoms with Gasteiger partial charge in [0.25, 0.3) is 0 Å². The Morgan fingerprint density at radius 1 is 0.944 bits per heavy atom. The van der Waals surface area contributed by atoms with Crippen molar-refractivity contribution < 1.29 is 4.42 Å². The lowest BCUT2D eigenvalue weighted by molar-refractivity contribution is 0.558. The number of benzene rings is 1. The molecular formula is C15H11NOS. The summed E-state index contributed by atoms with van der Waals surface area (Å²) < 4.78 is 5.47. The van der Waals surface area contributed by atoms with Gasteiger partial charge in [-0.25, -0.2) is 4.99 Å². The van der Waals surface area contributed by atoms with Crippen LogP contribution in [-0.4, -0.2) is 5.71 Å². The van der Waals surface area contributed by atoms with Gasteiger partial charge in [-0.15, -0.1) is 11.3 Å². The van der Waals surface area contributed by atoms with E-state index in [1.54, 1.807) is 17.6 Å². The molecule has 88 valence electrons. The molecule has 1 aromatic carbocycles. The molecule has 0 radical (unpaired) electrons. The van der Waals surface area contributed by atoms with Crippen molar-refractivity contribution in [1.29, 1.82) is 0 Å². The van der Waals surface area contributed by atoms with Crippen molar-refractivity contribution in [3.05, 3.63) is 76.9 Å². The maximum atomic E-state index is 5.47. The molecule has 2 heterocycles. The van der Waals surface area contributed by atoms with E-state index in [-0.39, 0.29) is 0 Å². The fraction of sp³-hybridized carbons (Fsp3) is 0. The Kier molecular flexibility index (Phi) is 3.07. The Balaban J connectivity index is 2.09. The summed E-state index contributed by atoms with van der Waals surface area (Å²) in [5.74, 6) is 0.793. The van der Waals surface area contributed by atoms with Gasteiger partial charge in [-0.1, -0.05) is 24.3 Å². The standard InChI is InChI=1S/C15H11NOS/c1-2-6-12(7-3-1)16-15(13-8-4-10-17-13)14-9-5-11-18-14/h1-11H. The highest BCUT2D eigenvalue weighted by molar-refractivity contribution is 7.12. The summed E-state index contributed by atoms with van der Waals surface area (Å²) in [5, 5.41) is 2.04. The first-order chi connectivity index (χ1) is 8.93. The molecule has 0 saturated carbocycles. The van der Waals surface area contributed by atoms with Gasteiger partial charge < -0.3 is 4.42 Å². The summed E-state index contributed by atoms with van der Waals surface area (Å²) in [6.07, 6.45) is 1.67. The third-order valence-corrected chi connectivity index (χ3v) is 3.38. The van der Waals surface area contributed by atoms with Crippen molar-refractivity contribution in [2.45, 2.75) is 0 Å². The fourth-order valence-corrected chi connectivity index (χ4v) is 2.41. The van der Waals surface area contributed by atoms with E-state index in [0.717, 1.165) is 22.0 Å². The number of nitrogens with zero attached hydrogens (tertiary/aromatic N) is 1. The Bertz CT molecular complexity index is 588. The van der Waals surface area contributed by atoms with Crippen LogP contribution in [0.3, 0.4) is 0 Å². The van der Waals surface area contributed by atoms with Crippen LogP contribution in [0.5, 0.6) is 0 Å². The Labute approximate surface area is 109 Å². The van der Waals surface area contributed by atoms with Crippen LogP contribution in [0.4, 0.5) is 5.69 Å². The second kappa shape index (κ2) is 5.02. The van der Waals surface area contributed by atoms with Gasteiger partial charge >= 0.3 is 0 Å². The largest absolute Gasteiger partial charge is 0.463 e. The highest BCUT2D eigenvalue weighted by atomic mass is 32.1. The zero-order chi connectivity index (χ0) is 12.2. The lowest BCUT2D eigenvalue weighted by Crippen LogP contribution is -1.98. The molecule has 0 aliphatic heterocycles. The summed E-state index contributed by atoms with van der Waals surface area (Å²) in [6.45, 7) is 0. The summed E-state index contributed by atoms with van der Waals surface area (Å²) in [4.78, 5) is 5.78. The SMILES string of the molecule is c1ccc(N=C(c2ccco2)c2cccs2)cc1. The van der Waals surface area contributed by atoms with Crippen LogP contribution in [0, 0.1) is 0 Å². The van der Waals surface area contributed by atoms with E-state index in [0.29, 0.717) is 0 Å². The van der Waals surface area contributed by atoms with Gasteiger partial charge in [-0.3, -0.25) is 0 Å². The number of furan rings is 1. The van der Waals surface area contributed by atoms with Gasteiger partial charge in [-0.2, -0.15) is 0 Å². The first kappa shape index (κ1) is 11.0. The zero-order valence-electron chi connectivity index (χ0n) is 9.61. The number of para-hydroxylation sites is 1. The molecule has 0 amide bonds. The molecule has 0 saturated heterocycles. The number of rotatable bonds is 3. The van der Waals surface area contributed by atoms with Crippen LogP contribution in [0.25, 0.3) is 0 Å². The fourth-order valence-electron chi connectivity index (χ4n) is 1.69. The molecular weight excluding hydrogens is 242 g/mol. The van der Waals surface area contributed by atoms with E-state index in [1.165, 1.54) is 0 Å². The first-order valence-corrected chi connectivity index (χ1v) is 6.53. The molecule has 0 spiro atoms. The van der Waals surface area contributed by atoms with E-state index in [9.17, 15) is 0 Å². The molecule has 3 rings (SSSR count). The van der Waals surface area contributed by atoms with Crippen LogP contribution in [-0.2, 0) is 0 Å². The van der Waals surface area contributed by atoms with Gasteiger partial charge in [0.2, 0.25) is 0 Å². The van der Waals surface area contributed by atoms with Crippen LogP contribution in [0.15, 0.2) is 75.7 Å². The average Bonchev–Trinajstić information content (AvgIpc) is 3.11. The lowest BCUT2D eigenvalue weighted by Gasteiger charge is -2.01. The minimum absolute atomic E-state index is 0.793. The zero-order valence-corrected chi connectivity index (χ0v) is 10.4. The molecule has 3 heteroatoms. The third kappa shape index (κ3) is 2.26. The molecule has 2 aromatic heterocycles. The van der Waals surface area contributed by atoms with Crippen molar-refractivity contribution in [2.75, 3.05) is 0 Å². The van der Waals surface area contributed by atoms with E-state index >= 15 is 0 Å². The number of aliphatic imine (C=N–C) groups is 1. The molecule has 3 aromatic rings. The molecule has 0 aliphatic rings. The molecule has 0 bridgehead atoms. The van der Waals surface area contributed by atoms with Gasteiger partial charge in [0.1, 0.15) is 5.71 Å². The smallest absolute Gasteiger partial charge is 0.153 e. The second-order valence-corrected chi connectivity index (χ2v) is 4.70. The monoisotopic (exact) mass is 253 g/mol. The quantitative estimate of drug-likeness (QED) is 0.630. The minimum atomic E-state index is 0.793. The van der Waals surface area contributed by atoms with E-state index in [2.05, 4.69) is 11.1 Å². The van der Waals surface area contributed by atoms with Crippen LogP contribution < -0.4 is 0 Å². The summed E-state index contributed by atoms with van der Waals surface area (Å²) in [5.41, 5.74) is 1.80. The van der Waals surface area contributed by atoms with E-state index < -0.39 is 0 Å². The van der Waals surface area contributed by atoms with Gasteiger partial charge in [0, 0.05) is 0 Å². The minimum Gasteiger partial charge on any atom is -0.463 e. The number of hydrogen-bond acceptors (Lipinski definition) is 3. The predicted octanol–water partition coefficient (Wildman–Crippen LogP) is 4.51. The molecule has 18 heavy (non-hydrogen) atoms. The average molecular weight is 253 g/mol. The highest BCUT2D eigenvalue weighted by Gasteiger charge is 2.10. The molecule has 0 fully saturated rings. The molecule has 0 N–H and O–H groups in total. The van der Waals surface area contributed by atoms with E-state index in [1.807, 2.05) is 53.9 Å². The van der Waals surface area contributed by atoms with E-state index in [4.69, 9.17) is 4.42 Å². The van der Waals surface area contributed by atoms with Crippen LogP contribution in [0.2, 0.25) is 0 Å². The molecule has 0 unspecified atom stereocenters. The Morgan fingerprint density at radius 2 is 1.83 bits per heavy atom.